The molecule has 0 bridgehead atoms. The van der Waals surface area contributed by atoms with Crippen LogP contribution in [0.1, 0.15) is 33.1 Å². The lowest BCUT2D eigenvalue weighted by Crippen LogP contribution is -2.30. The minimum Gasteiger partial charge on any atom is -0.381 e. The molecule has 1 fully saturated rings. The first-order chi connectivity index (χ1) is 9.72. The van der Waals surface area contributed by atoms with E-state index in [1.165, 1.54) is 19.3 Å². The minimum absolute atomic E-state index is 0.582. The molecule has 1 N–H and O–H groups in total. The average molecular weight is 270 g/mol. The molecule has 0 radical (unpaired) electrons. The van der Waals surface area contributed by atoms with Gasteiger partial charge in [0.05, 0.1) is 11.9 Å². The Morgan fingerprint density at radius 3 is 2.75 bits per heavy atom. The summed E-state index contributed by atoms with van der Waals surface area (Å²) >= 11 is 0. The highest BCUT2D eigenvalue weighted by Gasteiger charge is 2.24. The van der Waals surface area contributed by atoms with Gasteiger partial charge in [0, 0.05) is 18.4 Å². The predicted molar refractivity (Wildman–Crippen MR) is 80.9 cm³/mol. The summed E-state index contributed by atoms with van der Waals surface area (Å²) in [6.45, 7) is 4.72. The molecular weight excluding hydrogens is 248 g/mol. The van der Waals surface area contributed by atoms with Gasteiger partial charge in [0.2, 0.25) is 0 Å². The number of nitrogens with zero attached hydrogens (tertiary/aromatic N) is 3. The lowest BCUT2D eigenvalue weighted by molar-refractivity contribution is 0.261. The summed E-state index contributed by atoms with van der Waals surface area (Å²) in [6.07, 6.45) is 9.39. The molecule has 1 aliphatic rings. The number of hydrogen-bond acceptors (Lipinski definition) is 3. The summed E-state index contributed by atoms with van der Waals surface area (Å²) in [4.78, 5) is 4.46. The van der Waals surface area contributed by atoms with Crippen LogP contribution in [0.25, 0.3) is 5.82 Å². The van der Waals surface area contributed by atoms with E-state index in [1.807, 2.05) is 24.5 Å². The Kier molecular flexibility index (Phi) is 3.72. The zero-order valence-electron chi connectivity index (χ0n) is 12.2. The second-order valence-corrected chi connectivity index (χ2v) is 5.96. The molecule has 0 spiro atoms. The third-order valence-electron chi connectivity index (χ3n) is 4.46. The molecule has 0 saturated heterocycles. The largest absolute Gasteiger partial charge is 0.381 e. The average Bonchev–Trinajstić information content (AvgIpc) is 2.98. The molecule has 3 unspecified atom stereocenters. The molecule has 1 saturated carbocycles. The van der Waals surface area contributed by atoms with Gasteiger partial charge in [-0.2, -0.15) is 5.10 Å². The second kappa shape index (κ2) is 5.65. The van der Waals surface area contributed by atoms with Crippen molar-refractivity contribution < 1.29 is 0 Å². The number of hydrogen-bond donors (Lipinski definition) is 1. The maximum atomic E-state index is 4.46. The topological polar surface area (TPSA) is 42.7 Å². The van der Waals surface area contributed by atoms with Crippen molar-refractivity contribution in [3.05, 3.63) is 36.8 Å². The highest BCUT2D eigenvalue weighted by Crippen LogP contribution is 2.30. The number of nitrogens with one attached hydrogen (secondary N) is 1. The van der Waals surface area contributed by atoms with Crippen molar-refractivity contribution >= 4 is 5.69 Å². The van der Waals surface area contributed by atoms with Gasteiger partial charge in [-0.3, -0.25) is 0 Å². The zero-order chi connectivity index (χ0) is 13.9. The molecule has 106 valence electrons. The molecule has 3 atom stereocenters. The fraction of sp³-hybridized carbons (Fsp3) is 0.500. The van der Waals surface area contributed by atoms with Crippen molar-refractivity contribution in [2.75, 3.05) is 5.32 Å². The van der Waals surface area contributed by atoms with Gasteiger partial charge in [0.15, 0.2) is 5.82 Å². The van der Waals surface area contributed by atoms with Crippen LogP contribution in [0.2, 0.25) is 0 Å². The lowest BCUT2D eigenvalue weighted by Gasteiger charge is -2.33. The molecule has 2 aromatic heterocycles. The van der Waals surface area contributed by atoms with Gasteiger partial charge in [-0.15, -0.1) is 0 Å². The van der Waals surface area contributed by atoms with E-state index in [4.69, 9.17) is 0 Å². The molecule has 0 aliphatic heterocycles. The van der Waals surface area contributed by atoms with Crippen LogP contribution in [-0.4, -0.2) is 20.8 Å². The van der Waals surface area contributed by atoms with Crippen LogP contribution in [0.15, 0.2) is 36.8 Å². The highest BCUT2D eigenvalue weighted by atomic mass is 15.3. The van der Waals surface area contributed by atoms with E-state index in [9.17, 15) is 0 Å². The zero-order valence-corrected chi connectivity index (χ0v) is 12.2. The van der Waals surface area contributed by atoms with E-state index in [1.54, 1.807) is 10.9 Å². The Labute approximate surface area is 120 Å². The van der Waals surface area contributed by atoms with Crippen molar-refractivity contribution in [2.24, 2.45) is 11.8 Å². The predicted octanol–water partition coefficient (Wildman–Crippen LogP) is 3.50. The van der Waals surface area contributed by atoms with Gasteiger partial charge in [0.25, 0.3) is 0 Å². The van der Waals surface area contributed by atoms with E-state index in [0.717, 1.165) is 23.3 Å². The van der Waals surface area contributed by atoms with Crippen molar-refractivity contribution in [2.45, 2.75) is 39.2 Å². The monoisotopic (exact) mass is 270 g/mol. The van der Waals surface area contributed by atoms with Gasteiger partial charge in [-0.25, -0.2) is 9.67 Å². The molecule has 2 aromatic rings. The van der Waals surface area contributed by atoms with Gasteiger partial charge in [0.1, 0.15) is 0 Å². The van der Waals surface area contributed by atoms with Crippen LogP contribution in [0.3, 0.4) is 0 Å². The van der Waals surface area contributed by atoms with Crippen molar-refractivity contribution in [3.8, 4) is 5.82 Å². The third-order valence-corrected chi connectivity index (χ3v) is 4.46. The molecule has 0 amide bonds. The van der Waals surface area contributed by atoms with Gasteiger partial charge in [-0.1, -0.05) is 13.8 Å². The van der Waals surface area contributed by atoms with E-state index in [-0.39, 0.29) is 0 Å². The van der Waals surface area contributed by atoms with Gasteiger partial charge >= 0.3 is 0 Å². The molecule has 1 aliphatic carbocycles. The van der Waals surface area contributed by atoms with Crippen LogP contribution in [0.4, 0.5) is 5.69 Å². The number of anilines is 1. The second-order valence-electron chi connectivity index (χ2n) is 5.96. The Hall–Kier alpha value is -1.84. The molecule has 0 aromatic carbocycles. The number of pyridine rings is 1. The van der Waals surface area contributed by atoms with E-state index in [0.29, 0.717) is 6.04 Å². The lowest BCUT2D eigenvalue weighted by atomic mass is 9.79. The number of rotatable bonds is 3. The van der Waals surface area contributed by atoms with E-state index in [2.05, 4.69) is 35.3 Å². The summed E-state index contributed by atoms with van der Waals surface area (Å²) in [5.74, 6) is 2.51. The summed E-state index contributed by atoms with van der Waals surface area (Å²) in [7, 11) is 0. The summed E-state index contributed by atoms with van der Waals surface area (Å²) in [6, 6.07) is 6.58. The first-order valence-electron chi connectivity index (χ1n) is 7.45. The highest BCUT2D eigenvalue weighted by molar-refractivity contribution is 5.44. The van der Waals surface area contributed by atoms with Crippen LogP contribution >= 0.6 is 0 Å². The van der Waals surface area contributed by atoms with Crippen LogP contribution in [-0.2, 0) is 0 Å². The Bertz CT molecular complexity index is 532. The van der Waals surface area contributed by atoms with Crippen molar-refractivity contribution in [1.82, 2.24) is 14.8 Å². The van der Waals surface area contributed by atoms with Crippen molar-refractivity contribution in [3.63, 3.8) is 0 Å². The van der Waals surface area contributed by atoms with E-state index >= 15 is 0 Å². The molecule has 20 heavy (non-hydrogen) atoms. The normalized spacial score (nSPS) is 26.4. The van der Waals surface area contributed by atoms with Crippen molar-refractivity contribution in [1.29, 1.82) is 0 Å². The van der Waals surface area contributed by atoms with E-state index < -0.39 is 0 Å². The summed E-state index contributed by atoms with van der Waals surface area (Å²) in [5, 5.41) is 7.80. The minimum atomic E-state index is 0.582. The van der Waals surface area contributed by atoms with Crippen LogP contribution in [0.5, 0.6) is 0 Å². The van der Waals surface area contributed by atoms with Crippen LogP contribution in [0, 0.1) is 11.8 Å². The number of aromatic nitrogens is 3. The first-order valence-corrected chi connectivity index (χ1v) is 7.45. The van der Waals surface area contributed by atoms with Gasteiger partial charge in [-0.05, 0) is 49.3 Å². The smallest absolute Gasteiger partial charge is 0.153 e. The molecule has 2 heterocycles. The molecular formula is C16H22N4. The Balaban J connectivity index is 1.64. The maximum absolute atomic E-state index is 4.46. The van der Waals surface area contributed by atoms with Gasteiger partial charge < -0.3 is 5.32 Å². The molecule has 4 heteroatoms. The Morgan fingerprint density at radius 1 is 1.20 bits per heavy atom. The van der Waals surface area contributed by atoms with Crippen LogP contribution < -0.4 is 5.32 Å². The first kappa shape index (κ1) is 13.2. The molecule has 4 nitrogen and oxygen atoms in total. The summed E-state index contributed by atoms with van der Waals surface area (Å²) in [5.41, 5.74) is 1.10. The maximum Gasteiger partial charge on any atom is 0.153 e. The Morgan fingerprint density at radius 2 is 2.10 bits per heavy atom. The fourth-order valence-corrected chi connectivity index (χ4v) is 2.93. The fourth-order valence-electron chi connectivity index (χ4n) is 2.93. The molecule has 3 rings (SSSR count). The standard InChI is InChI=1S/C16H22N4/c1-12-4-5-14(10-13(12)2)19-15-6-7-16(17-11-15)20-9-3-8-18-20/h3,6-9,11-14,19H,4-5,10H2,1-2H3. The SMILES string of the molecule is CC1CCC(Nc2ccc(-n3cccn3)nc2)CC1C. The quantitative estimate of drug-likeness (QED) is 0.928. The summed E-state index contributed by atoms with van der Waals surface area (Å²) < 4.78 is 1.77. The third kappa shape index (κ3) is 2.84.